The molecule has 0 bridgehead atoms. The fourth-order valence-corrected chi connectivity index (χ4v) is 2.52. The van der Waals surface area contributed by atoms with E-state index in [9.17, 15) is 5.11 Å². The molecule has 2 aromatic carbocycles. The molecule has 0 atom stereocenters. The first kappa shape index (κ1) is 15.9. The molecular weight excluding hydrogens is 312 g/mol. The van der Waals surface area contributed by atoms with E-state index in [1.54, 1.807) is 26.4 Å². The highest BCUT2D eigenvalue weighted by Gasteiger charge is 2.26. The second kappa shape index (κ2) is 6.62. The molecule has 126 valence electrons. The summed E-state index contributed by atoms with van der Waals surface area (Å²) in [7, 11) is 4.65. The topological polar surface area (TPSA) is 66.4 Å². The van der Waals surface area contributed by atoms with Crippen LogP contribution in [-0.4, -0.2) is 33.2 Å². The van der Waals surface area contributed by atoms with E-state index in [2.05, 4.69) is 0 Å². The first-order valence-electron chi connectivity index (χ1n) is 7.27. The van der Waals surface area contributed by atoms with E-state index in [-0.39, 0.29) is 12.5 Å². The zero-order valence-corrected chi connectivity index (χ0v) is 13.7. The second-order valence-electron chi connectivity index (χ2n) is 5.03. The van der Waals surface area contributed by atoms with Gasteiger partial charge in [-0.05, 0) is 23.8 Å². The van der Waals surface area contributed by atoms with E-state index in [1.165, 1.54) is 7.11 Å². The molecule has 2 aromatic rings. The fourth-order valence-electron chi connectivity index (χ4n) is 2.52. The lowest BCUT2D eigenvalue weighted by molar-refractivity contribution is 0.168. The number of methoxy groups -OCH3 is 3. The highest BCUT2D eigenvalue weighted by Crippen LogP contribution is 2.49. The van der Waals surface area contributed by atoms with Crippen LogP contribution in [0.5, 0.6) is 34.5 Å². The van der Waals surface area contributed by atoms with Gasteiger partial charge in [-0.15, -0.1) is 0 Å². The Balaban J connectivity index is 1.99. The predicted molar refractivity (Wildman–Crippen MR) is 89.3 cm³/mol. The third-order valence-electron chi connectivity index (χ3n) is 3.67. The van der Waals surface area contributed by atoms with Gasteiger partial charge in [-0.3, -0.25) is 0 Å². The molecule has 1 N–H and O–H groups in total. The van der Waals surface area contributed by atoms with Crippen LogP contribution in [0.1, 0.15) is 11.1 Å². The molecule has 0 saturated carbocycles. The number of hydrogen-bond acceptors (Lipinski definition) is 6. The van der Waals surface area contributed by atoms with Crippen molar-refractivity contribution in [3.63, 3.8) is 0 Å². The summed E-state index contributed by atoms with van der Waals surface area (Å²) in [5, 5.41) is 9.86. The average Bonchev–Trinajstić information content (AvgIpc) is 3.08. The smallest absolute Gasteiger partial charge is 0.231 e. The van der Waals surface area contributed by atoms with Gasteiger partial charge in [0.25, 0.3) is 0 Å². The minimum absolute atomic E-state index is 0.0786. The molecule has 1 heterocycles. The minimum Gasteiger partial charge on any atom is -0.504 e. The summed E-state index contributed by atoms with van der Waals surface area (Å²) in [6.07, 6.45) is 3.70. The Bertz CT molecular complexity index is 782. The molecule has 0 saturated heterocycles. The van der Waals surface area contributed by atoms with E-state index in [1.807, 2.05) is 24.3 Å². The van der Waals surface area contributed by atoms with Gasteiger partial charge >= 0.3 is 0 Å². The van der Waals surface area contributed by atoms with E-state index >= 15 is 0 Å². The van der Waals surface area contributed by atoms with Crippen LogP contribution >= 0.6 is 0 Å². The summed E-state index contributed by atoms with van der Waals surface area (Å²) in [5.74, 6) is 2.70. The summed E-state index contributed by atoms with van der Waals surface area (Å²) in [4.78, 5) is 0. The van der Waals surface area contributed by atoms with Crippen LogP contribution in [0.4, 0.5) is 0 Å². The second-order valence-corrected chi connectivity index (χ2v) is 5.03. The van der Waals surface area contributed by atoms with Gasteiger partial charge < -0.3 is 28.8 Å². The van der Waals surface area contributed by atoms with Gasteiger partial charge in [-0.1, -0.05) is 18.2 Å². The Kier molecular flexibility index (Phi) is 4.37. The third kappa shape index (κ3) is 2.78. The number of fused-ring (bicyclic) bond motifs is 1. The zero-order chi connectivity index (χ0) is 17.1. The number of benzene rings is 2. The Labute approximate surface area is 139 Å². The summed E-state index contributed by atoms with van der Waals surface area (Å²) >= 11 is 0. The molecule has 0 spiro atoms. The first-order chi connectivity index (χ1) is 11.7. The lowest BCUT2D eigenvalue weighted by Crippen LogP contribution is -1.94. The summed E-state index contributed by atoms with van der Waals surface area (Å²) in [6, 6.07) is 6.97. The highest BCUT2D eigenvalue weighted by molar-refractivity contribution is 5.78. The number of aromatic hydroxyl groups is 1. The van der Waals surface area contributed by atoms with Gasteiger partial charge in [-0.25, -0.2) is 0 Å². The molecule has 0 amide bonds. The number of phenols is 1. The molecule has 0 unspecified atom stereocenters. The molecule has 0 radical (unpaired) electrons. The molecule has 0 aliphatic carbocycles. The van der Waals surface area contributed by atoms with Crippen LogP contribution in [0, 0.1) is 0 Å². The van der Waals surface area contributed by atoms with Crippen molar-refractivity contribution in [1.29, 1.82) is 0 Å². The number of rotatable bonds is 5. The van der Waals surface area contributed by atoms with Crippen LogP contribution in [0.25, 0.3) is 12.2 Å². The molecule has 1 aliphatic rings. The quantitative estimate of drug-likeness (QED) is 0.849. The minimum atomic E-state index is 0.0786. The number of phenolic OH excluding ortho intramolecular Hbond substituents is 1. The van der Waals surface area contributed by atoms with Gasteiger partial charge in [0, 0.05) is 5.56 Å². The molecule has 3 rings (SSSR count). The zero-order valence-electron chi connectivity index (χ0n) is 13.7. The van der Waals surface area contributed by atoms with Crippen molar-refractivity contribution in [2.24, 2.45) is 0 Å². The Morgan fingerprint density at radius 1 is 0.917 bits per heavy atom. The summed E-state index contributed by atoms with van der Waals surface area (Å²) in [6.45, 7) is 0.127. The van der Waals surface area contributed by atoms with Crippen LogP contribution in [0.3, 0.4) is 0 Å². The monoisotopic (exact) mass is 330 g/mol. The maximum atomic E-state index is 9.86. The fraction of sp³-hybridized carbons (Fsp3) is 0.222. The Hall–Kier alpha value is -3.02. The number of hydrogen-bond donors (Lipinski definition) is 1. The maximum Gasteiger partial charge on any atom is 0.231 e. The predicted octanol–water partition coefficient (Wildman–Crippen LogP) is 3.32. The van der Waals surface area contributed by atoms with Crippen molar-refractivity contribution >= 4 is 12.2 Å². The van der Waals surface area contributed by atoms with Crippen molar-refractivity contribution in [1.82, 2.24) is 0 Å². The van der Waals surface area contributed by atoms with E-state index in [0.717, 1.165) is 11.1 Å². The summed E-state index contributed by atoms with van der Waals surface area (Å²) < 4.78 is 26.8. The highest BCUT2D eigenvalue weighted by atomic mass is 16.7. The van der Waals surface area contributed by atoms with Crippen molar-refractivity contribution in [3.8, 4) is 34.5 Å². The van der Waals surface area contributed by atoms with Crippen molar-refractivity contribution in [2.45, 2.75) is 0 Å². The molecule has 0 fully saturated rings. The average molecular weight is 330 g/mol. The standard InChI is InChI=1S/C18H18O6/c1-20-14-7-5-11(8-13(14)19)4-6-12-9-15(21-2)17-18(16(12)22-3)24-10-23-17/h4-9,19H,10H2,1-3H3. The Morgan fingerprint density at radius 3 is 2.33 bits per heavy atom. The van der Waals surface area contributed by atoms with Crippen LogP contribution in [0.15, 0.2) is 24.3 Å². The van der Waals surface area contributed by atoms with Crippen LogP contribution < -0.4 is 23.7 Å². The van der Waals surface area contributed by atoms with Gasteiger partial charge in [0.1, 0.15) is 0 Å². The van der Waals surface area contributed by atoms with Gasteiger partial charge in [0.2, 0.25) is 18.3 Å². The molecular formula is C18H18O6. The third-order valence-corrected chi connectivity index (χ3v) is 3.67. The van der Waals surface area contributed by atoms with Crippen LogP contribution in [0.2, 0.25) is 0 Å². The molecule has 1 aliphatic heterocycles. The SMILES string of the molecule is COc1ccc(C=Cc2cc(OC)c3c(c2OC)OCO3)cc1O. The lowest BCUT2D eigenvalue weighted by atomic mass is 10.1. The van der Waals surface area contributed by atoms with E-state index in [4.69, 9.17) is 23.7 Å². The molecule has 6 nitrogen and oxygen atoms in total. The van der Waals surface area contributed by atoms with E-state index < -0.39 is 0 Å². The molecule has 6 heteroatoms. The van der Waals surface area contributed by atoms with Gasteiger partial charge in [0.15, 0.2) is 23.0 Å². The Morgan fingerprint density at radius 2 is 1.67 bits per heavy atom. The number of ether oxygens (including phenoxy) is 5. The lowest BCUT2D eigenvalue weighted by Gasteiger charge is -2.11. The van der Waals surface area contributed by atoms with Gasteiger partial charge in [0.05, 0.1) is 21.3 Å². The molecule has 24 heavy (non-hydrogen) atoms. The normalized spacial score (nSPS) is 12.5. The van der Waals surface area contributed by atoms with Crippen molar-refractivity contribution in [3.05, 3.63) is 35.4 Å². The first-order valence-corrected chi connectivity index (χ1v) is 7.27. The van der Waals surface area contributed by atoms with Crippen molar-refractivity contribution < 1.29 is 28.8 Å². The largest absolute Gasteiger partial charge is 0.504 e. The molecule has 0 aromatic heterocycles. The van der Waals surface area contributed by atoms with Gasteiger partial charge in [-0.2, -0.15) is 0 Å². The van der Waals surface area contributed by atoms with Crippen molar-refractivity contribution in [2.75, 3.05) is 28.1 Å². The summed E-state index contributed by atoms with van der Waals surface area (Å²) in [5.41, 5.74) is 1.58. The maximum absolute atomic E-state index is 9.86. The van der Waals surface area contributed by atoms with Crippen LogP contribution in [-0.2, 0) is 0 Å². The van der Waals surface area contributed by atoms with E-state index in [0.29, 0.717) is 28.7 Å².